The fourth-order valence-electron chi connectivity index (χ4n) is 3.29. The zero-order chi connectivity index (χ0) is 14.0. The Kier molecular flexibility index (Phi) is 4.14. The number of hydrogen-bond donors (Lipinski definition) is 1. The number of halogens is 1. The second-order valence-corrected chi connectivity index (χ2v) is 5.92. The molecular formula is C16H24FNO. The Morgan fingerprint density at radius 1 is 1.32 bits per heavy atom. The van der Waals surface area contributed by atoms with E-state index in [0.717, 1.165) is 18.4 Å². The highest BCUT2D eigenvalue weighted by molar-refractivity contribution is 5.44. The van der Waals surface area contributed by atoms with E-state index < -0.39 is 0 Å². The Morgan fingerprint density at radius 2 is 1.95 bits per heavy atom. The first-order valence-corrected chi connectivity index (χ1v) is 7.12. The Bertz CT molecular complexity index is 450. The molecule has 0 amide bonds. The molecular weight excluding hydrogens is 241 g/mol. The first-order valence-electron chi connectivity index (χ1n) is 7.12. The predicted octanol–water partition coefficient (Wildman–Crippen LogP) is 3.73. The highest BCUT2D eigenvalue weighted by atomic mass is 19.1. The van der Waals surface area contributed by atoms with Crippen LogP contribution in [0.2, 0.25) is 0 Å². The number of hydrogen-bond acceptors (Lipinski definition) is 2. The molecule has 3 heteroatoms. The van der Waals surface area contributed by atoms with Crippen molar-refractivity contribution >= 4 is 0 Å². The van der Waals surface area contributed by atoms with Crippen LogP contribution in [0.15, 0.2) is 12.1 Å². The van der Waals surface area contributed by atoms with Gasteiger partial charge in [-0.3, -0.25) is 0 Å². The van der Waals surface area contributed by atoms with Crippen molar-refractivity contribution in [2.75, 3.05) is 13.7 Å². The van der Waals surface area contributed by atoms with Gasteiger partial charge in [-0.25, -0.2) is 4.39 Å². The SMILES string of the molecule is COc1cc(C2(CN)CCCC2)cc(F)c1C(C)C. The minimum atomic E-state index is -0.163. The summed E-state index contributed by atoms with van der Waals surface area (Å²) in [7, 11) is 1.61. The van der Waals surface area contributed by atoms with Gasteiger partial charge >= 0.3 is 0 Å². The van der Waals surface area contributed by atoms with Crippen LogP contribution in [0.3, 0.4) is 0 Å². The Morgan fingerprint density at radius 3 is 2.42 bits per heavy atom. The van der Waals surface area contributed by atoms with Gasteiger partial charge in [-0.1, -0.05) is 26.7 Å². The molecule has 1 aliphatic carbocycles. The third-order valence-electron chi connectivity index (χ3n) is 4.45. The van der Waals surface area contributed by atoms with Crippen molar-refractivity contribution in [3.63, 3.8) is 0 Å². The maximum absolute atomic E-state index is 14.4. The molecule has 0 aliphatic heterocycles. The molecule has 0 spiro atoms. The van der Waals surface area contributed by atoms with Crippen LogP contribution in [0.4, 0.5) is 4.39 Å². The molecule has 1 saturated carbocycles. The highest BCUT2D eigenvalue weighted by Crippen LogP contribution is 2.43. The molecule has 1 fully saturated rings. The smallest absolute Gasteiger partial charge is 0.130 e. The summed E-state index contributed by atoms with van der Waals surface area (Å²) in [6.07, 6.45) is 4.44. The highest BCUT2D eigenvalue weighted by Gasteiger charge is 2.35. The van der Waals surface area contributed by atoms with Crippen molar-refractivity contribution in [3.8, 4) is 5.75 Å². The molecule has 1 aromatic carbocycles. The van der Waals surface area contributed by atoms with Crippen molar-refractivity contribution in [1.29, 1.82) is 0 Å². The summed E-state index contributed by atoms with van der Waals surface area (Å²) in [6, 6.07) is 3.67. The average molecular weight is 265 g/mol. The molecule has 0 unspecified atom stereocenters. The zero-order valence-electron chi connectivity index (χ0n) is 12.1. The van der Waals surface area contributed by atoms with Gasteiger partial charge in [0.1, 0.15) is 11.6 Å². The molecule has 19 heavy (non-hydrogen) atoms. The monoisotopic (exact) mass is 265 g/mol. The number of methoxy groups -OCH3 is 1. The van der Waals surface area contributed by atoms with Gasteiger partial charge in [0, 0.05) is 17.5 Å². The van der Waals surface area contributed by atoms with Crippen molar-refractivity contribution in [1.82, 2.24) is 0 Å². The molecule has 0 heterocycles. The number of nitrogens with two attached hydrogens (primary N) is 1. The molecule has 0 radical (unpaired) electrons. The normalized spacial score (nSPS) is 18.0. The van der Waals surface area contributed by atoms with Gasteiger partial charge in [0.25, 0.3) is 0 Å². The van der Waals surface area contributed by atoms with Crippen molar-refractivity contribution in [2.24, 2.45) is 5.73 Å². The standard InChI is InChI=1S/C16H24FNO/c1-11(2)15-13(17)8-12(9-14(15)19-3)16(10-18)6-4-5-7-16/h8-9,11H,4-7,10,18H2,1-3H3. The molecule has 2 N–H and O–H groups in total. The van der Waals surface area contributed by atoms with Gasteiger partial charge in [-0.15, -0.1) is 0 Å². The lowest BCUT2D eigenvalue weighted by Crippen LogP contribution is -2.32. The quantitative estimate of drug-likeness (QED) is 0.900. The van der Waals surface area contributed by atoms with Crippen molar-refractivity contribution in [2.45, 2.75) is 50.9 Å². The number of benzene rings is 1. The fraction of sp³-hybridized carbons (Fsp3) is 0.625. The predicted molar refractivity (Wildman–Crippen MR) is 76.2 cm³/mol. The van der Waals surface area contributed by atoms with Gasteiger partial charge in [0.05, 0.1) is 7.11 Å². The van der Waals surface area contributed by atoms with E-state index in [1.54, 1.807) is 13.2 Å². The van der Waals surface area contributed by atoms with E-state index in [1.165, 1.54) is 12.8 Å². The third kappa shape index (κ3) is 2.48. The molecule has 2 nitrogen and oxygen atoms in total. The zero-order valence-corrected chi connectivity index (χ0v) is 12.1. The van der Waals surface area contributed by atoms with Crippen LogP contribution in [-0.2, 0) is 5.41 Å². The minimum Gasteiger partial charge on any atom is -0.496 e. The maximum atomic E-state index is 14.4. The molecule has 0 saturated heterocycles. The van der Waals surface area contributed by atoms with Crippen LogP contribution in [0, 0.1) is 5.82 Å². The van der Waals surface area contributed by atoms with Crippen molar-refractivity contribution in [3.05, 3.63) is 29.1 Å². The largest absolute Gasteiger partial charge is 0.496 e. The van der Waals surface area contributed by atoms with Crippen LogP contribution in [0.25, 0.3) is 0 Å². The first-order chi connectivity index (χ1) is 9.04. The van der Waals surface area contributed by atoms with Crippen molar-refractivity contribution < 1.29 is 9.13 Å². The third-order valence-corrected chi connectivity index (χ3v) is 4.45. The summed E-state index contributed by atoms with van der Waals surface area (Å²) >= 11 is 0. The summed E-state index contributed by atoms with van der Waals surface area (Å²) in [5.74, 6) is 0.607. The number of ether oxygens (including phenoxy) is 1. The topological polar surface area (TPSA) is 35.2 Å². The maximum Gasteiger partial charge on any atom is 0.130 e. The molecule has 2 rings (SSSR count). The van der Waals surface area contributed by atoms with E-state index >= 15 is 0 Å². The second kappa shape index (κ2) is 5.49. The van der Waals surface area contributed by atoms with Crippen LogP contribution in [0.1, 0.15) is 56.6 Å². The van der Waals surface area contributed by atoms with E-state index in [0.29, 0.717) is 17.9 Å². The Labute approximate surface area is 115 Å². The van der Waals surface area contributed by atoms with E-state index in [4.69, 9.17) is 10.5 Å². The lowest BCUT2D eigenvalue weighted by atomic mass is 9.78. The first kappa shape index (κ1) is 14.3. The van der Waals surface area contributed by atoms with Crippen LogP contribution in [-0.4, -0.2) is 13.7 Å². The lowest BCUT2D eigenvalue weighted by molar-refractivity contribution is 0.393. The van der Waals surface area contributed by atoms with E-state index in [2.05, 4.69) is 0 Å². The van der Waals surface area contributed by atoms with Gasteiger partial charge in [0.15, 0.2) is 0 Å². The molecule has 0 atom stereocenters. The summed E-state index contributed by atoms with van der Waals surface area (Å²) in [6.45, 7) is 4.54. The summed E-state index contributed by atoms with van der Waals surface area (Å²) < 4.78 is 19.8. The fourth-order valence-corrected chi connectivity index (χ4v) is 3.29. The summed E-state index contributed by atoms with van der Waals surface area (Å²) in [5.41, 5.74) is 7.59. The Hall–Kier alpha value is -1.09. The van der Waals surface area contributed by atoms with E-state index in [1.807, 2.05) is 19.9 Å². The van der Waals surface area contributed by atoms with Gasteiger partial charge in [0.2, 0.25) is 0 Å². The summed E-state index contributed by atoms with van der Waals surface area (Å²) in [4.78, 5) is 0. The summed E-state index contributed by atoms with van der Waals surface area (Å²) in [5, 5.41) is 0. The average Bonchev–Trinajstić information content (AvgIpc) is 2.87. The lowest BCUT2D eigenvalue weighted by Gasteiger charge is -2.29. The molecule has 0 bridgehead atoms. The molecule has 1 aliphatic rings. The van der Waals surface area contributed by atoms with Crippen LogP contribution >= 0.6 is 0 Å². The second-order valence-electron chi connectivity index (χ2n) is 5.92. The van der Waals surface area contributed by atoms with Crippen LogP contribution < -0.4 is 10.5 Å². The molecule has 106 valence electrons. The van der Waals surface area contributed by atoms with Gasteiger partial charge in [-0.05, 0) is 36.5 Å². The molecule has 1 aromatic rings. The Balaban J connectivity index is 2.51. The van der Waals surface area contributed by atoms with E-state index in [9.17, 15) is 4.39 Å². The van der Waals surface area contributed by atoms with Gasteiger partial charge in [-0.2, -0.15) is 0 Å². The van der Waals surface area contributed by atoms with Crippen LogP contribution in [0.5, 0.6) is 5.75 Å². The van der Waals surface area contributed by atoms with E-state index in [-0.39, 0.29) is 17.2 Å². The molecule has 0 aromatic heterocycles. The number of rotatable bonds is 4. The minimum absolute atomic E-state index is 0.0520. The van der Waals surface area contributed by atoms with Gasteiger partial charge < -0.3 is 10.5 Å².